The maximum Gasteiger partial charge on any atom is 0.338 e. The molecule has 2 nitrogen and oxygen atoms in total. The van der Waals surface area contributed by atoms with E-state index in [4.69, 9.17) is 4.74 Å². The Morgan fingerprint density at radius 2 is 2.10 bits per heavy atom. The minimum absolute atomic E-state index is 0.234. The number of benzene rings is 1. The average molecular weight is 314 g/mol. The second-order valence-corrected chi connectivity index (χ2v) is 6.28. The van der Waals surface area contributed by atoms with Crippen LogP contribution in [0.15, 0.2) is 70.3 Å². The van der Waals surface area contributed by atoms with Crippen molar-refractivity contribution in [1.82, 2.24) is 0 Å². The number of cyclic esters (lactones) is 1. The van der Waals surface area contributed by atoms with Crippen LogP contribution in [0.4, 0.5) is 0 Å². The molecule has 0 aliphatic carbocycles. The van der Waals surface area contributed by atoms with Gasteiger partial charge in [-0.25, -0.2) is 4.79 Å². The lowest BCUT2D eigenvalue weighted by atomic mass is 10.1. The lowest BCUT2D eigenvalue weighted by molar-refractivity contribution is -0.139. The zero-order chi connectivity index (χ0) is 14.5. The molecule has 21 heavy (non-hydrogen) atoms. The third-order valence-corrected chi connectivity index (χ3v) is 4.64. The first-order chi connectivity index (χ1) is 10.3. The Hall–Kier alpha value is -1.78. The van der Waals surface area contributed by atoms with Gasteiger partial charge in [-0.15, -0.1) is 11.8 Å². The maximum absolute atomic E-state index is 11.8. The highest BCUT2D eigenvalue weighted by atomic mass is 32.2. The van der Waals surface area contributed by atoms with Crippen molar-refractivity contribution >= 4 is 29.1 Å². The van der Waals surface area contributed by atoms with Gasteiger partial charge in [0.25, 0.3) is 0 Å². The van der Waals surface area contributed by atoms with Gasteiger partial charge < -0.3 is 4.74 Å². The van der Waals surface area contributed by atoms with Gasteiger partial charge in [0.05, 0.1) is 5.57 Å². The van der Waals surface area contributed by atoms with Crippen LogP contribution >= 0.6 is 23.1 Å². The normalized spacial score (nSPS) is 18.0. The van der Waals surface area contributed by atoms with Crippen molar-refractivity contribution in [2.24, 2.45) is 0 Å². The van der Waals surface area contributed by atoms with Gasteiger partial charge in [0.1, 0.15) is 6.10 Å². The Morgan fingerprint density at radius 1 is 1.24 bits per heavy atom. The highest BCUT2D eigenvalue weighted by Crippen LogP contribution is 2.30. The van der Waals surface area contributed by atoms with Gasteiger partial charge in [0, 0.05) is 11.3 Å². The zero-order valence-electron chi connectivity index (χ0n) is 11.3. The van der Waals surface area contributed by atoms with Crippen LogP contribution in [0.2, 0.25) is 0 Å². The van der Waals surface area contributed by atoms with Crippen LogP contribution < -0.4 is 0 Å². The highest BCUT2D eigenvalue weighted by Gasteiger charge is 2.25. The number of rotatable bonds is 5. The van der Waals surface area contributed by atoms with Crippen LogP contribution in [0.3, 0.4) is 0 Å². The quantitative estimate of drug-likeness (QED) is 0.747. The number of hydrogen-bond donors (Lipinski definition) is 0. The fraction of sp³-hybridized carbons (Fsp3) is 0.118. The average Bonchev–Trinajstić information content (AvgIpc) is 3.15. The van der Waals surface area contributed by atoms with Gasteiger partial charge in [0.15, 0.2) is 0 Å². The molecule has 0 N–H and O–H groups in total. The Bertz CT molecular complexity index is 657. The Labute approximate surface area is 132 Å². The second-order valence-electron chi connectivity index (χ2n) is 4.60. The van der Waals surface area contributed by atoms with E-state index >= 15 is 0 Å². The molecule has 0 saturated heterocycles. The molecule has 3 rings (SSSR count). The summed E-state index contributed by atoms with van der Waals surface area (Å²) in [5, 5.41) is 5.95. The van der Waals surface area contributed by atoms with E-state index in [-0.39, 0.29) is 12.1 Å². The summed E-state index contributed by atoms with van der Waals surface area (Å²) < 4.78 is 5.35. The molecule has 0 fully saturated rings. The number of carbonyl (C=O) groups is 1. The number of thiophene rings is 1. The van der Waals surface area contributed by atoms with Crippen molar-refractivity contribution in [2.45, 2.75) is 11.9 Å². The number of hydrogen-bond acceptors (Lipinski definition) is 4. The summed E-state index contributed by atoms with van der Waals surface area (Å²) in [6.45, 7) is 0. The lowest BCUT2D eigenvalue weighted by Crippen LogP contribution is -2.00. The van der Waals surface area contributed by atoms with Crippen molar-refractivity contribution in [3.63, 3.8) is 0 Å². The molecule has 1 aliphatic rings. The van der Waals surface area contributed by atoms with Crippen LogP contribution in [-0.4, -0.2) is 5.97 Å². The third-order valence-electron chi connectivity index (χ3n) is 3.11. The van der Waals surface area contributed by atoms with E-state index in [2.05, 4.69) is 12.1 Å². The predicted octanol–water partition coefficient (Wildman–Crippen LogP) is 4.72. The highest BCUT2D eigenvalue weighted by molar-refractivity contribution is 8.01. The van der Waals surface area contributed by atoms with Gasteiger partial charge in [-0.3, -0.25) is 0 Å². The molecule has 1 atom stereocenters. The molecule has 1 aromatic carbocycles. The van der Waals surface area contributed by atoms with Gasteiger partial charge in [-0.2, -0.15) is 11.3 Å². The molecular weight excluding hydrogens is 300 g/mol. The monoisotopic (exact) mass is 314 g/mol. The van der Waals surface area contributed by atoms with Crippen LogP contribution in [0.1, 0.15) is 17.2 Å². The summed E-state index contributed by atoms with van der Waals surface area (Å²) in [5.41, 5.74) is 2.94. The molecule has 106 valence electrons. The van der Waals surface area contributed by atoms with Gasteiger partial charge in [-0.05, 0) is 40.0 Å². The molecule has 1 unspecified atom stereocenters. The third kappa shape index (κ3) is 3.65. The standard InChI is InChI=1S/C17H14O2S2/c18-17-14(10-16(19-17)15-7-9-21-12-15)6-8-20-11-13-4-2-1-3-5-13/h1-10,12,16H,11H2/b8-6-. The van der Waals surface area contributed by atoms with E-state index < -0.39 is 0 Å². The number of esters is 1. The van der Waals surface area contributed by atoms with E-state index in [0.717, 1.165) is 11.3 Å². The summed E-state index contributed by atoms with van der Waals surface area (Å²) in [7, 11) is 0. The molecule has 2 heterocycles. The first-order valence-corrected chi connectivity index (χ1v) is 8.59. The number of ether oxygens (including phenoxy) is 1. The van der Waals surface area contributed by atoms with Crippen molar-refractivity contribution in [2.75, 3.05) is 0 Å². The van der Waals surface area contributed by atoms with Crippen molar-refractivity contribution in [1.29, 1.82) is 0 Å². The Balaban J connectivity index is 1.58. The molecule has 0 spiro atoms. The molecule has 0 radical (unpaired) electrons. The van der Waals surface area contributed by atoms with Crippen molar-refractivity contribution < 1.29 is 9.53 Å². The van der Waals surface area contributed by atoms with Crippen LogP contribution in [0, 0.1) is 0 Å². The number of thioether (sulfide) groups is 1. The summed E-state index contributed by atoms with van der Waals surface area (Å²) >= 11 is 3.27. The van der Waals surface area contributed by atoms with E-state index in [1.807, 2.05) is 52.6 Å². The molecule has 0 amide bonds. The van der Waals surface area contributed by atoms with Gasteiger partial charge in [0.2, 0.25) is 0 Å². The van der Waals surface area contributed by atoms with Crippen molar-refractivity contribution in [3.8, 4) is 0 Å². The van der Waals surface area contributed by atoms with E-state index in [9.17, 15) is 4.79 Å². The fourth-order valence-corrected chi connectivity index (χ4v) is 3.42. The summed E-state index contributed by atoms with van der Waals surface area (Å²) in [6, 6.07) is 12.2. The van der Waals surface area contributed by atoms with Gasteiger partial charge >= 0.3 is 5.97 Å². The van der Waals surface area contributed by atoms with E-state index in [1.165, 1.54) is 5.56 Å². The molecule has 0 saturated carbocycles. The van der Waals surface area contributed by atoms with E-state index in [1.54, 1.807) is 23.1 Å². The SMILES string of the molecule is O=C1OC(c2ccsc2)C=C1/C=C\SCc1ccccc1. The van der Waals surface area contributed by atoms with Crippen LogP contribution in [0.5, 0.6) is 0 Å². The lowest BCUT2D eigenvalue weighted by Gasteiger charge is -2.04. The van der Waals surface area contributed by atoms with Crippen molar-refractivity contribution in [3.05, 3.63) is 81.4 Å². The topological polar surface area (TPSA) is 26.3 Å². The molecule has 4 heteroatoms. The zero-order valence-corrected chi connectivity index (χ0v) is 12.9. The summed E-state index contributed by atoms with van der Waals surface area (Å²) in [4.78, 5) is 11.8. The summed E-state index contributed by atoms with van der Waals surface area (Å²) in [5.74, 6) is 0.649. The van der Waals surface area contributed by atoms with Gasteiger partial charge in [-0.1, -0.05) is 30.3 Å². The molecule has 1 aliphatic heterocycles. The second kappa shape index (κ2) is 6.78. The first kappa shape index (κ1) is 14.2. The van der Waals surface area contributed by atoms with Crippen LogP contribution in [-0.2, 0) is 15.3 Å². The number of carbonyl (C=O) groups excluding carboxylic acids is 1. The predicted molar refractivity (Wildman–Crippen MR) is 88.1 cm³/mol. The Morgan fingerprint density at radius 3 is 2.86 bits per heavy atom. The minimum atomic E-state index is -0.247. The van der Waals surface area contributed by atoms with Crippen LogP contribution in [0.25, 0.3) is 0 Å². The first-order valence-electron chi connectivity index (χ1n) is 6.60. The minimum Gasteiger partial charge on any atom is -0.450 e. The molecule has 0 bridgehead atoms. The maximum atomic E-state index is 11.8. The molecule has 1 aromatic heterocycles. The Kier molecular flexibility index (Phi) is 4.58. The smallest absolute Gasteiger partial charge is 0.338 e. The molecular formula is C17H14O2S2. The fourth-order valence-electron chi connectivity index (χ4n) is 2.01. The molecule has 2 aromatic rings. The van der Waals surface area contributed by atoms with E-state index in [0.29, 0.717) is 5.57 Å². The largest absolute Gasteiger partial charge is 0.450 e. The summed E-state index contributed by atoms with van der Waals surface area (Å²) in [6.07, 6.45) is 3.48.